The van der Waals surface area contributed by atoms with Gasteiger partial charge in [-0.25, -0.2) is 14.1 Å². The second-order valence-electron chi connectivity index (χ2n) is 14.4. The highest BCUT2D eigenvalue weighted by atomic mass is 28.4. The molecule has 4 aromatic carbocycles. The molecule has 5 rings (SSSR count). The van der Waals surface area contributed by atoms with Gasteiger partial charge in [-0.2, -0.15) is 5.26 Å². The maximum absolute atomic E-state index is 15.3. The van der Waals surface area contributed by atoms with Crippen molar-refractivity contribution >= 4 is 26.0 Å². The second kappa shape index (κ2) is 15.5. The highest BCUT2D eigenvalue weighted by molar-refractivity contribution is 6.74. The number of halogens is 1. The molecule has 0 aliphatic carbocycles. The largest absolute Gasteiger partial charge is 0.497 e. The summed E-state index contributed by atoms with van der Waals surface area (Å²) in [7, 11) is -0.715. The molecule has 4 aromatic rings. The first-order valence-corrected chi connectivity index (χ1v) is 20.1. The molecule has 0 bridgehead atoms. The van der Waals surface area contributed by atoms with E-state index in [1.807, 2.05) is 42.5 Å². The van der Waals surface area contributed by atoms with Crippen LogP contribution in [0.15, 0.2) is 103 Å². The number of carbonyl (C=O) groups excluding carboxylic acids is 2. The molecule has 1 saturated heterocycles. The Hall–Kier alpha value is -4.98. The summed E-state index contributed by atoms with van der Waals surface area (Å²) in [5.41, 5.74) is 1.84. The predicted molar refractivity (Wildman–Crippen MR) is 198 cm³/mol. The molecular formula is C41H46FN3O5Si. The first-order chi connectivity index (χ1) is 24.3. The van der Waals surface area contributed by atoms with E-state index < -0.39 is 31.9 Å². The zero-order chi connectivity index (χ0) is 36.8. The molecule has 0 saturated carbocycles. The van der Waals surface area contributed by atoms with E-state index in [0.29, 0.717) is 35.4 Å². The van der Waals surface area contributed by atoms with Crippen molar-refractivity contribution in [2.45, 2.75) is 75.9 Å². The van der Waals surface area contributed by atoms with Crippen molar-refractivity contribution in [1.82, 2.24) is 4.90 Å². The zero-order valence-corrected chi connectivity index (χ0v) is 31.1. The number of nitriles is 1. The van der Waals surface area contributed by atoms with Crippen LogP contribution in [0.3, 0.4) is 0 Å². The summed E-state index contributed by atoms with van der Waals surface area (Å²) < 4.78 is 32.0. The van der Waals surface area contributed by atoms with Gasteiger partial charge in [0.2, 0.25) is 0 Å². The summed E-state index contributed by atoms with van der Waals surface area (Å²) in [5, 5.41) is 12.9. The summed E-state index contributed by atoms with van der Waals surface area (Å²) in [6, 6.07) is 31.4. The summed E-state index contributed by atoms with van der Waals surface area (Å²) in [4.78, 5) is 30.0. The van der Waals surface area contributed by atoms with Crippen LogP contribution in [0.4, 0.5) is 14.9 Å². The third kappa shape index (κ3) is 8.33. The van der Waals surface area contributed by atoms with E-state index in [1.165, 1.54) is 17.0 Å². The number of nitrogens with one attached hydrogen (secondary N) is 1. The molecule has 3 unspecified atom stereocenters. The number of nitrogens with zero attached hydrogens (tertiary/aromatic N) is 2. The summed E-state index contributed by atoms with van der Waals surface area (Å²) in [6.07, 6.45) is 0.168. The molecule has 1 aliphatic heterocycles. The first-order valence-electron chi connectivity index (χ1n) is 17.2. The lowest BCUT2D eigenvalue weighted by Crippen LogP contribution is -2.53. The molecular weight excluding hydrogens is 662 g/mol. The fraction of sp³-hybridized carbons (Fsp3) is 0.341. The van der Waals surface area contributed by atoms with E-state index in [4.69, 9.17) is 13.9 Å². The van der Waals surface area contributed by atoms with Crippen LogP contribution in [-0.2, 0) is 19.5 Å². The molecule has 2 amide bonds. The van der Waals surface area contributed by atoms with E-state index in [0.717, 1.165) is 11.1 Å². The minimum atomic E-state index is -2.29. The Kier molecular flexibility index (Phi) is 11.3. The van der Waals surface area contributed by atoms with Gasteiger partial charge in [-0.15, -0.1) is 0 Å². The van der Waals surface area contributed by atoms with Crippen molar-refractivity contribution in [1.29, 1.82) is 5.26 Å². The molecule has 1 N–H and O–H groups in total. The van der Waals surface area contributed by atoms with Crippen LogP contribution in [-0.4, -0.2) is 38.9 Å². The maximum atomic E-state index is 15.3. The number of ether oxygens (including phenoxy) is 2. The lowest BCUT2D eigenvalue weighted by molar-refractivity contribution is -0.134. The first kappa shape index (κ1) is 37.3. The number of cyclic esters (lactones) is 1. The smallest absolute Gasteiger partial charge is 0.417 e. The number of hydrogen-bond donors (Lipinski definition) is 1. The maximum Gasteiger partial charge on any atom is 0.417 e. The lowest BCUT2D eigenvalue weighted by atomic mass is 9.81. The average Bonchev–Trinajstić information content (AvgIpc) is 3.51. The Labute approximate surface area is 301 Å². The molecule has 10 heteroatoms. The molecule has 266 valence electrons. The van der Waals surface area contributed by atoms with Crippen LogP contribution in [0.2, 0.25) is 18.1 Å². The third-order valence-electron chi connectivity index (χ3n) is 10.1. The van der Waals surface area contributed by atoms with Gasteiger partial charge in [0.1, 0.15) is 29.8 Å². The Balaban J connectivity index is 1.60. The number of rotatable bonds is 13. The van der Waals surface area contributed by atoms with Crippen molar-refractivity contribution in [3.8, 4) is 11.8 Å². The standard InChI is InChI=1S/C41H46FN3O5Si/c1-40(2,3)51(5,6)50-37(31-16-20-33(42)21-17-31)13-10-26-41(32-18-24-35(48-4)25-19-32,44-34-22-14-29(27-43)15-23-34)38(46)45-36(28-49-39(45)47)30-11-8-7-9-12-30/h7-9,11-12,14-25,36-37,44H,10,13,26,28H2,1-6H3. The van der Waals surface area contributed by atoms with Gasteiger partial charge in [-0.1, -0.05) is 75.4 Å². The van der Waals surface area contributed by atoms with Crippen LogP contribution in [0, 0.1) is 17.1 Å². The normalized spacial score (nSPS) is 16.5. The van der Waals surface area contributed by atoms with Gasteiger partial charge in [0.25, 0.3) is 5.91 Å². The SMILES string of the molecule is COc1ccc(C(CCCC(O[Si](C)(C)C(C)(C)C)c2ccc(F)cc2)(Nc2ccc(C#N)cc2)C(=O)N2C(=O)OCC2c2ccccc2)cc1. The number of imide groups is 1. The minimum absolute atomic E-state index is 0.0249. The number of benzene rings is 4. The molecule has 1 aliphatic rings. The average molecular weight is 708 g/mol. The van der Waals surface area contributed by atoms with Crippen molar-refractivity contribution < 1.29 is 27.9 Å². The van der Waals surface area contributed by atoms with Crippen LogP contribution in [0.1, 0.15) is 74.4 Å². The minimum Gasteiger partial charge on any atom is -0.497 e. The van der Waals surface area contributed by atoms with Crippen LogP contribution in [0.25, 0.3) is 0 Å². The van der Waals surface area contributed by atoms with Crippen LogP contribution >= 0.6 is 0 Å². The Morgan fingerprint density at radius 1 is 1.00 bits per heavy atom. The van der Waals surface area contributed by atoms with Gasteiger partial charge >= 0.3 is 6.09 Å². The van der Waals surface area contributed by atoms with Gasteiger partial charge in [-0.3, -0.25) is 4.79 Å². The van der Waals surface area contributed by atoms with Gasteiger partial charge in [0.15, 0.2) is 8.32 Å². The van der Waals surface area contributed by atoms with E-state index in [-0.39, 0.29) is 30.0 Å². The van der Waals surface area contributed by atoms with E-state index in [9.17, 15) is 14.4 Å². The van der Waals surface area contributed by atoms with E-state index in [1.54, 1.807) is 55.6 Å². The Morgan fingerprint density at radius 3 is 2.24 bits per heavy atom. The summed E-state index contributed by atoms with van der Waals surface area (Å²) in [5.74, 6) is -0.191. The van der Waals surface area contributed by atoms with Crippen LogP contribution in [0.5, 0.6) is 5.75 Å². The second-order valence-corrected chi connectivity index (χ2v) is 19.2. The Morgan fingerprint density at radius 2 is 1.65 bits per heavy atom. The fourth-order valence-electron chi connectivity index (χ4n) is 6.14. The lowest BCUT2D eigenvalue weighted by Gasteiger charge is -2.40. The van der Waals surface area contributed by atoms with Gasteiger partial charge in [-0.05, 0) is 103 Å². The van der Waals surface area contributed by atoms with Crippen molar-refractivity contribution in [2.24, 2.45) is 0 Å². The Bertz CT molecular complexity index is 1840. The molecule has 8 nitrogen and oxygen atoms in total. The number of hydrogen-bond acceptors (Lipinski definition) is 7. The van der Waals surface area contributed by atoms with Crippen LogP contribution < -0.4 is 10.1 Å². The van der Waals surface area contributed by atoms with Gasteiger partial charge in [0, 0.05) is 5.69 Å². The molecule has 0 radical (unpaired) electrons. The van der Waals surface area contributed by atoms with Gasteiger partial charge < -0.3 is 19.2 Å². The third-order valence-corrected chi connectivity index (χ3v) is 14.6. The number of carbonyl (C=O) groups is 2. The number of anilines is 1. The van der Waals surface area contributed by atoms with Crippen molar-refractivity contribution in [2.75, 3.05) is 19.0 Å². The highest BCUT2D eigenvalue weighted by Crippen LogP contribution is 2.43. The quantitative estimate of drug-likeness (QED) is 0.138. The van der Waals surface area contributed by atoms with Crippen molar-refractivity contribution in [3.63, 3.8) is 0 Å². The summed E-state index contributed by atoms with van der Waals surface area (Å²) in [6.45, 7) is 10.9. The zero-order valence-electron chi connectivity index (χ0n) is 30.1. The topological polar surface area (TPSA) is 101 Å². The number of amides is 2. The predicted octanol–water partition coefficient (Wildman–Crippen LogP) is 9.67. The molecule has 1 fully saturated rings. The molecule has 3 atom stereocenters. The summed E-state index contributed by atoms with van der Waals surface area (Å²) >= 11 is 0. The van der Waals surface area contributed by atoms with E-state index >= 15 is 4.79 Å². The molecule has 51 heavy (non-hydrogen) atoms. The fourth-order valence-corrected chi connectivity index (χ4v) is 7.46. The van der Waals surface area contributed by atoms with Crippen molar-refractivity contribution in [3.05, 3.63) is 131 Å². The molecule has 0 spiro atoms. The molecule has 1 heterocycles. The number of methoxy groups -OCH3 is 1. The highest BCUT2D eigenvalue weighted by Gasteiger charge is 2.50. The molecule has 0 aromatic heterocycles. The monoisotopic (exact) mass is 707 g/mol. The van der Waals surface area contributed by atoms with Gasteiger partial charge in [0.05, 0.1) is 24.8 Å². The van der Waals surface area contributed by atoms with E-state index in [2.05, 4.69) is 45.3 Å².